The largest absolute Gasteiger partial charge is 0.478 e. The van der Waals surface area contributed by atoms with E-state index in [1.165, 1.54) is 23.1 Å². The zero-order valence-corrected chi connectivity index (χ0v) is 11.9. The molecule has 1 aromatic carbocycles. The van der Waals surface area contributed by atoms with Gasteiger partial charge >= 0.3 is 5.97 Å². The minimum Gasteiger partial charge on any atom is -0.478 e. The van der Waals surface area contributed by atoms with Crippen molar-refractivity contribution in [3.8, 4) is 0 Å². The molecule has 1 heterocycles. The highest BCUT2D eigenvalue weighted by Gasteiger charge is 2.35. The number of aromatic carboxylic acids is 1. The van der Waals surface area contributed by atoms with Gasteiger partial charge in [0.15, 0.2) is 0 Å². The Morgan fingerprint density at radius 1 is 1.20 bits per heavy atom. The summed E-state index contributed by atoms with van der Waals surface area (Å²) in [4.78, 5) is 36.4. The van der Waals surface area contributed by atoms with Crippen LogP contribution in [-0.4, -0.2) is 46.3 Å². The van der Waals surface area contributed by atoms with E-state index in [0.29, 0.717) is 12.1 Å². The normalized spacial score (nSPS) is 13.8. The van der Waals surface area contributed by atoms with Crippen LogP contribution in [-0.2, 0) is 0 Å². The van der Waals surface area contributed by atoms with Gasteiger partial charge in [-0.1, -0.05) is 0 Å². The molecule has 2 amide bonds. The van der Waals surface area contributed by atoms with Crippen LogP contribution < -0.4 is 0 Å². The Morgan fingerprint density at radius 2 is 1.90 bits per heavy atom. The van der Waals surface area contributed by atoms with Gasteiger partial charge in [-0.05, 0) is 43.0 Å². The van der Waals surface area contributed by atoms with Crippen LogP contribution in [0.15, 0.2) is 18.2 Å². The molecule has 0 fully saturated rings. The molecule has 5 nitrogen and oxygen atoms in total. The molecule has 1 aromatic rings. The van der Waals surface area contributed by atoms with Gasteiger partial charge < -0.3 is 5.11 Å². The van der Waals surface area contributed by atoms with Crippen LogP contribution in [0.5, 0.6) is 0 Å². The number of fused-ring (bicyclic) bond motifs is 1. The Kier molecular flexibility index (Phi) is 4.44. The predicted octanol–water partition coefficient (Wildman–Crippen LogP) is 2.12. The lowest BCUT2D eigenvalue weighted by atomic mass is 10.1. The molecule has 0 spiro atoms. The average molecular weight is 293 g/mol. The summed E-state index contributed by atoms with van der Waals surface area (Å²) in [6, 6.07) is 4.05. The molecule has 0 aliphatic carbocycles. The number of nitrogens with zero attached hydrogens (tertiary/aromatic N) is 1. The number of benzene rings is 1. The number of carbonyl (C=O) groups is 3. The monoisotopic (exact) mass is 293 g/mol. The lowest BCUT2D eigenvalue weighted by Gasteiger charge is -2.12. The van der Waals surface area contributed by atoms with Crippen LogP contribution in [0.25, 0.3) is 0 Å². The van der Waals surface area contributed by atoms with Gasteiger partial charge in [-0.25, -0.2) is 4.79 Å². The molecule has 106 valence electrons. The Bertz CT molecular complexity index is 570. The van der Waals surface area contributed by atoms with Crippen LogP contribution in [0.4, 0.5) is 0 Å². The highest BCUT2D eigenvalue weighted by molar-refractivity contribution is 7.98. The summed E-state index contributed by atoms with van der Waals surface area (Å²) in [6.07, 6.45) is 3.71. The molecule has 2 rings (SSSR count). The van der Waals surface area contributed by atoms with Crippen molar-refractivity contribution in [2.45, 2.75) is 12.8 Å². The molecule has 0 saturated heterocycles. The molecule has 0 saturated carbocycles. The van der Waals surface area contributed by atoms with Gasteiger partial charge in [-0.2, -0.15) is 11.8 Å². The van der Waals surface area contributed by atoms with Crippen molar-refractivity contribution in [1.29, 1.82) is 0 Å². The van der Waals surface area contributed by atoms with Crippen LogP contribution in [0, 0.1) is 0 Å². The second kappa shape index (κ2) is 6.09. The third-order valence-corrected chi connectivity index (χ3v) is 3.89. The van der Waals surface area contributed by atoms with E-state index in [0.717, 1.165) is 18.6 Å². The molecular formula is C14H15NO4S. The van der Waals surface area contributed by atoms with Crippen LogP contribution in [0.3, 0.4) is 0 Å². The number of rotatable bonds is 6. The van der Waals surface area contributed by atoms with Gasteiger partial charge in [-0.3, -0.25) is 14.5 Å². The van der Waals surface area contributed by atoms with E-state index in [9.17, 15) is 14.4 Å². The van der Waals surface area contributed by atoms with E-state index in [2.05, 4.69) is 0 Å². The quantitative estimate of drug-likeness (QED) is 0.642. The van der Waals surface area contributed by atoms with Gasteiger partial charge in [0.25, 0.3) is 11.8 Å². The van der Waals surface area contributed by atoms with E-state index in [-0.39, 0.29) is 17.0 Å². The van der Waals surface area contributed by atoms with Crippen molar-refractivity contribution in [3.05, 3.63) is 34.9 Å². The van der Waals surface area contributed by atoms with Crippen LogP contribution in [0.1, 0.15) is 43.9 Å². The van der Waals surface area contributed by atoms with Gasteiger partial charge in [-0.15, -0.1) is 0 Å². The number of hydrogen-bond donors (Lipinski definition) is 1. The van der Waals surface area contributed by atoms with Crippen LogP contribution >= 0.6 is 11.8 Å². The third-order valence-electron chi connectivity index (χ3n) is 3.20. The van der Waals surface area contributed by atoms with Gasteiger partial charge in [0.2, 0.25) is 0 Å². The number of amides is 2. The van der Waals surface area contributed by atoms with E-state index >= 15 is 0 Å². The van der Waals surface area contributed by atoms with Crippen molar-refractivity contribution in [3.63, 3.8) is 0 Å². The molecule has 20 heavy (non-hydrogen) atoms. The molecule has 1 aliphatic rings. The maximum absolute atomic E-state index is 12.2. The Balaban J connectivity index is 2.15. The average Bonchev–Trinajstić information content (AvgIpc) is 2.67. The first-order valence-corrected chi connectivity index (χ1v) is 7.68. The molecule has 0 unspecified atom stereocenters. The first-order valence-electron chi connectivity index (χ1n) is 6.28. The number of hydrogen-bond acceptors (Lipinski definition) is 4. The molecule has 6 heteroatoms. The number of carboxylic acids is 1. The summed E-state index contributed by atoms with van der Waals surface area (Å²) < 4.78 is 0. The summed E-state index contributed by atoms with van der Waals surface area (Å²) in [7, 11) is 0. The molecule has 1 aliphatic heterocycles. The fourth-order valence-electron chi connectivity index (χ4n) is 2.14. The summed E-state index contributed by atoms with van der Waals surface area (Å²) in [5.74, 6) is -0.832. The maximum Gasteiger partial charge on any atom is 0.335 e. The third kappa shape index (κ3) is 2.70. The smallest absolute Gasteiger partial charge is 0.335 e. The highest BCUT2D eigenvalue weighted by Crippen LogP contribution is 2.24. The molecular weight excluding hydrogens is 278 g/mol. The number of imide groups is 1. The predicted molar refractivity (Wildman–Crippen MR) is 76.4 cm³/mol. The van der Waals surface area contributed by atoms with Gasteiger partial charge in [0.1, 0.15) is 0 Å². The SMILES string of the molecule is CSCCCCN1C(=O)c2ccc(C(=O)O)cc2C1=O. The Hall–Kier alpha value is -1.82. The van der Waals surface area contributed by atoms with E-state index in [1.807, 2.05) is 6.26 Å². The minimum atomic E-state index is -1.11. The van der Waals surface area contributed by atoms with Gasteiger partial charge in [0, 0.05) is 6.54 Å². The molecule has 0 atom stereocenters. The molecule has 0 radical (unpaired) electrons. The lowest BCUT2D eigenvalue weighted by molar-refractivity contribution is 0.0650. The highest BCUT2D eigenvalue weighted by atomic mass is 32.2. The summed E-state index contributed by atoms with van der Waals surface area (Å²) >= 11 is 1.72. The summed E-state index contributed by atoms with van der Waals surface area (Å²) in [5.41, 5.74) is 0.513. The summed E-state index contributed by atoms with van der Waals surface area (Å²) in [6.45, 7) is 0.384. The fourth-order valence-corrected chi connectivity index (χ4v) is 2.64. The number of thioether (sulfide) groups is 1. The summed E-state index contributed by atoms with van der Waals surface area (Å²) in [5, 5.41) is 8.92. The number of carboxylic acid groups (broad SMARTS) is 1. The Labute approximate surface area is 121 Å². The van der Waals surface area contributed by atoms with E-state index < -0.39 is 11.9 Å². The first-order chi connectivity index (χ1) is 9.56. The fraction of sp³-hybridized carbons (Fsp3) is 0.357. The van der Waals surface area contributed by atoms with Gasteiger partial charge in [0.05, 0.1) is 16.7 Å². The van der Waals surface area contributed by atoms with Crippen LogP contribution in [0.2, 0.25) is 0 Å². The standard InChI is InChI=1S/C14H15NO4S/c1-20-7-3-2-6-15-12(16)10-5-4-9(14(18)19)8-11(10)13(15)17/h4-5,8H,2-3,6-7H2,1H3,(H,18,19). The van der Waals surface area contributed by atoms with E-state index in [4.69, 9.17) is 5.11 Å². The van der Waals surface area contributed by atoms with Crippen molar-refractivity contribution in [1.82, 2.24) is 4.90 Å². The topological polar surface area (TPSA) is 74.7 Å². The first kappa shape index (κ1) is 14.6. The molecule has 1 N–H and O–H groups in total. The molecule has 0 bridgehead atoms. The van der Waals surface area contributed by atoms with Crippen molar-refractivity contribution >= 4 is 29.5 Å². The van der Waals surface area contributed by atoms with Crippen molar-refractivity contribution in [2.75, 3.05) is 18.6 Å². The zero-order valence-electron chi connectivity index (χ0n) is 11.1. The van der Waals surface area contributed by atoms with Crippen molar-refractivity contribution in [2.24, 2.45) is 0 Å². The van der Waals surface area contributed by atoms with E-state index in [1.54, 1.807) is 11.8 Å². The maximum atomic E-state index is 12.2. The number of unbranched alkanes of at least 4 members (excludes halogenated alkanes) is 1. The molecule has 0 aromatic heterocycles. The van der Waals surface area contributed by atoms with Crippen molar-refractivity contribution < 1.29 is 19.5 Å². The zero-order chi connectivity index (χ0) is 14.7. The second-order valence-electron chi connectivity index (χ2n) is 4.53. The minimum absolute atomic E-state index is 0.0223. The lowest BCUT2D eigenvalue weighted by Crippen LogP contribution is -2.30. The number of carbonyl (C=O) groups excluding carboxylic acids is 2. The Morgan fingerprint density at radius 3 is 2.55 bits per heavy atom. The second-order valence-corrected chi connectivity index (χ2v) is 5.51.